The standard InChI is InChI=1S/C16H19NO2S/c1-16(2,13-6-4-3-5-7-13)11-17-9-14-8-12(10-20-14)15(18)19/h3-8,10,17H,9,11H2,1-2H3,(H,18,19). The SMILES string of the molecule is CC(C)(CNCc1cc(C(=O)O)cs1)c1ccccc1. The molecule has 0 radical (unpaired) electrons. The van der Waals surface area contributed by atoms with E-state index in [4.69, 9.17) is 5.11 Å². The van der Waals surface area contributed by atoms with Gasteiger partial charge in [-0.15, -0.1) is 11.3 Å². The van der Waals surface area contributed by atoms with Gasteiger partial charge in [0, 0.05) is 28.8 Å². The number of hydrogen-bond acceptors (Lipinski definition) is 3. The molecule has 0 bridgehead atoms. The number of rotatable bonds is 6. The molecule has 0 saturated carbocycles. The number of carboxylic acids is 1. The van der Waals surface area contributed by atoms with Crippen LogP contribution < -0.4 is 5.32 Å². The zero-order chi connectivity index (χ0) is 14.6. The number of aromatic carboxylic acids is 1. The average Bonchev–Trinajstić information content (AvgIpc) is 2.89. The summed E-state index contributed by atoms with van der Waals surface area (Å²) in [7, 11) is 0. The summed E-state index contributed by atoms with van der Waals surface area (Å²) in [5.74, 6) is -0.864. The Labute approximate surface area is 123 Å². The molecule has 0 amide bonds. The first kappa shape index (κ1) is 14.8. The van der Waals surface area contributed by atoms with E-state index >= 15 is 0 Å². The van der Waals surface area contributed by atoms with E-state index in [1.54, 1.807) is 11.4 Å². The molecule has 0 atom stereocenters. The molecule has 0 unspecified atom stereocenters. The first-order valence-corrected chi connectivity index (χ1v) is 7.44. The van der Waals surface area contributed by atoms with Crippen LogP contribution in [0.4, 0.5) is 0 Å². The van der Waals surface area contributed by atoms with Crippen molar-refractivity contribution < 1.29 is 9.90 Å². The molecule has 3 nitrogen and oxygen atoms in total. The average molecular weight is 289 g/mol. The molecular weight excluding hydrogens is 270 g/mol. The first-order chi connectivity index (χ1) is 9.49. The molecule has 0 aliphatic rings. The topological polar surface area (TPSA) is 49.3 Å². The highest BCUT2D eigenvalue weighted by Crippen LogP contribution is 2.22. The highest BCUT2D eigenvalue weighted by Gasteiger charge is 2.19. The van der Waals surface area contributed by atoms with Crippen LogP contribution in [0, 0.1) is 0 Å². The van der Waals surface area contributed by atoms with Gasteiger partial charge in [-0.1, -0.05) is 44.2 Å². The minimum atomic E-state index is -0.864. The summed E-state index contributed by atoms with van der Waals surface area (Å²) in [4.78, 5) is 11.9. The summed E-state index contributed by atoms with van der Waals surface area (Å²) < 4.78 is 0. The lowest BCUT2D eigenvalue weighted by Crippen LogP contribution is -2.32. The van der Waals surface area contributed by atoms with Crippen LogP contribution in [0.1, 0.15) is 34.6 Å². The Balaban J connectivity index is 1.90. The third-order valence-electron chi connectivity index (χ3n) is 3.32. The van der Waals surface area contributed by atoms with Gasteiger partial charge in [-0.3, -0.25) is 0 Å². The molecule has 106 valence electrons. The van der Waals surface area contributed by atoms with E-state index in [9.17, 15) is 4.79 Å². The minimum Gasteiger partial charge on any atom is -0.478 e. The molecule has 0 spiro atoms. The molecule has 20 heavy (non-hydrogen) atoms. The number of hydrogen-bond donors (Lipinski definition) is 2. The molecule has 1 aromatic heterocycles. The summed E-state index contributed by atoms with van der Waals surface area (Å²) in [5.41, 5.74) is 1.72. The van der Waals surface area contributed by atoms with Crippen molar-refractivity contribution in [2.75, 3.05) is 6.54 Å². The van der Waals surface area contributed by atoms with Crippen molar-refractivity contribution in [1.29, 1.82) is 0 Å². The van der Waals surface area contributed by atoms with Gasteiger partial charge in [0.2, 0.25) is 0 Å². The summed E-state index contributed by atoms with van der Waals surface area (Å²) >= 11 is 1.48. The maximum Gasteiger partial charge on any atom is 0.336 e. The molecule has 0 aliphatic carbocycles. The van der Waals surface area contributed by atoms with E-state index in [-0.39, 0.29) is 5.41 Å². The summed E-state index contributed by atoms with van der Waals surface area (Å²) in [5, 5.41) is 14.0. The first-order valence-electron chi connectivity index (χ1n) is 6.56. The molecule has 0 fully saturated rings. The van der Waals surface area contributed by atoms with E-state index in [0.717, 1.165) is 11.4 Å². The van der Waals surface area contributed by atoms with E-state index in [2.05, 4.69) is 43.4 Å². The van der Waals surface area contributed by atoms with Crippen molar-refractivity contribution in [2.45, 2.75) is 25.8 Å². The van der Waals surface area contributed by atoms with Gasteiger partial charge < -0.3 is 10.4 Å². The van der Waals surface area contributed by atoms with Crippen molar-refractivity contribution in [2.24, 2.45) is 0 Å². The lowest BCUT2D eigenvalue weighted by Gasteiger charge is -2.25. The van der Waals surface area contributed by atoms with Crippen molar-refractivity contribution in [3.63, 3.8) is 0 Å². The van der Waals surface area contributed by atoms with Crippen molar-refractivity contribution in [3.8, 4) is 0 Å². The van der Waals surface area contributed by atoms with Crippen LogP contribution in [0.3, 0.4) is 0 Å². The maximum atomic E-state index is 10.8. The van der Waals surface area contributed by atoms with Crippen LogP contribution in [0.25, 0.3) is 0 Å². The van der Waals surface area contributed by atoms with Crippen LogP contribution in [-0.2, 0) is 12.0 Å². The molecule has 4 heteroatoms. The molecule has 1 aromatic carbocycles. The molecular formula is C16H19NO2S. The van der Waals surface area contributed by atoms with Gasteiger partial charge >= 0.3 is 5.97 Å². The Morgan fingerprint density at radius 1 is 1.30 bits per heavy atom. The zero-order valence-corrected chi connectivity index (χ0v) is 12.5. The van der Waals surface area contributed by atoms with Crippen molar-refractivity contribution in [3.05, 3.63) is 57.8 Å². The van der Waals surface area contributed by atoms with Gasteiger partial charge in [0.25, 0.3) is 0 Å². The number of thiophene rings is 1. The highest BCUT2D eigenvalue weighted by molar-refractivity contribution is 7.10. The fourth-order valence-electron chi connectivity index (χ4n) is 2.08. The Bertz CT molecular complexity index is 575. The third kappa shape index (κ3) is 3.68. The Morgan fingerprint density at radius 2 is 2.00 bits per heavy atom. The third-order valence-corrected chi connectivity index (χ3v) is 4.26. The molecule has 0 saturated heterocycles. The Kier molecular flexibility index (Phi) is 4.57. The fraction of sp³-hybridized carbons (Fsp3) is 0.312. The normalized spacial score (nSPS) is 11.5. The second kappa shape index (κ2) is 6.20. The van der Waals surface area contributed by atoms with E-state index < -0.39 is 5.97 Å². The van der Waals surface area contributed by atoms with Gasteiger partial charge in [0.15, 0.2) is 0 Å². The number of carboxylic acid groups (broad SMARTS) is 1. The van der Waals surface area contributed by atoms with E-state index in [1.165, 1.54) is 16.9 Å². The molecule has 2 aromatic rings. The lowest BCUT2D eigenvalue weighted by atomic mass is 9.84. The summed E-state index contributed by atoms with van der Waals surface area (Å²) in [6, 6.07) is 12.1. The van der Waals surface area contributed by atoms with Crippen LogP contribution in [-0.4, -0.2) is 17.6 Å². The predicted molar refractivity (Wildman–Crippen MR) is 82.5 cm³/mol. The molecule has 2 N–H and O–H groups in total. The maximum absolute atomic E-state index is 10.8. The van der Waals surface area contributed by atoms with Gasteiger partial charge in [0.1, 0.15) is 0 Å². The largest absolute Gasteiger partial charge is 0.478 e. The summed E-state index contributed by atoms with van der Waals surface area (Å²) in [6.07, 6.45) is 0. The highest BCUT2D eigenvalue weighted by atomic mass is 32.1. The van der Waals surface area contributed by atoms with Crippen LogP contribution in [0.5, 0.6) is 0 Å². The molecule has 1 heterocycles. The number of benzene rings is 1. The van der Waals surface area contributed by atoms with Gasteiger partial charge in [-0.05, 0) is 11.6 Å². The van der Waals surface area contributed by atoms with Gasteiger partial charge in [-0.2, -0.15) is 0 Å². The second-order valence-electron chi connectivity index (χ2n) is 5.46. The molecule has 2 rings (SSSR count). The van der Waals surface area contributed by atoms with Crippen LogP contribution in [0.2, 0.25) is 0 Å². The van der Waals surface area contributed by atoms with Crippen LogP contribution in [0.15, 0.2) is 41.8 Å². The predicted octanol–water partition coefficient (Wildman–Crippen LogP) is 3.51. The Hall–Kier alpha value is -1.65. The molecule has 0 aliphatic heterocycles. The zero-order valence-electron chi connectivity index (χ0n) is 11.7. The monoisotopic (exact) mass is 289 g/mol. The van der Waals surface area contributed by atoms with Crippen LogP contribution >= 0.6 is 11.3 Å². The minimum absolute atomic E-state index is 0.0497. The van der Waals surface area contributed by atoms with E-state index in [1.807, 2.05) is 6.07 Å². The Morgan fingerprint density at radius 3 is 2.60 bits per heavy atom. The second-order valence-corrected chi connectivity index (χ2v) is 6.46. The fourth-order valence-corrected chi connectivity index (χ4v) is 2.90. The van der Waals surface area contributed by atoms with E-state index in [0.29, 0.717) is 12.1 Å². The van der Waals surface area contributed by atoms with Crippen molar-refractivity contribution in [1.82, 2.24) is 5.32 Å². The smallest absolute Gasteiger partial charge is 0.336 e. The number of nitrogens with one attached hydrogen (secondary N) is 1. The summed E-state index contributed by atoms with van der Waals surface area (Å²) in [6.45, 7) is 5.95. The number of carbonyl (C=O) groups is 1. The quantitative estimate of drug-likeness (QED) is 0.855. The van der Waals surface area contributed by atoms with Crippen molar-refractivity contribution >= 4 is 17.3 Å². The van der Waals surface area contributed by atoms with Gasteiger partial charge in [0.05, 0.1) is 5.56 Å². The lowest BCUT2D eigenvalue weighted by molar-refractivity contribution is 0.0697. The van der Waals surface area contributed by atoms with Gasteiger partial charge in [-0.25, -0.2) is 4.79 Å².